The summed E-state index contributed by atoms with van der Waals surface area (Å²) in [6, 6.07) is 9.94. The minimum Gasteiger partial charge on any atom is -0.463 e. The Kier molecular flexibility index (Phi) is 6.15. The molecule has 1 unspecified atom stereocenters. The van der Waals surface area contributed by atoms with Gasteiger partial charge in [-0.3, -0.25) is 0 Å². The number of rotatable bonds is 6. The predicted octanol–water partition coefficient (Wildman–Crippen LogP) is 3.10. The molecule has 0 aliphatic rings. The number of benzene rings is 1. The second-order valence-electron chi connectivity index (χ2n) is 4.07. The quantitative estimate of drug-likeness (QED) is 0.573. The van der Waals surface area contributed by atoms with E-state index in [-0.39, 0.29) is 12.1 Å². The lowest BCUT2D eigenvalue weighted by atomic mass is 10.2. The molecule has 0 aromatic heterocycles. The maximum atomic E-state index is 11.4. The summed E-state index contributed by atoms with van der Waals surface area (Å²) < 4.78 is 10.5. The zero-order chi connectivity index (χ0) is 13.4. The fourth-order valence-electron chi connectivity index (χ4n) is 1.52. The molecule has 0 fully saturated rings. The summed E-state index contributed by atoms with van der Waals surface area (Å²) in [5, 5.41) is 0. The Labute approximate surface area is 108 Å². The Morgan fingerprint density at radius 2 is 2.00 bits per heavy atom. The van der Waals surface area contributed by atoms with Crippen LogP contribution in [-0.2, 0) is 20.9 Å². The summed E-state index contributed by atoms with van der Waals surface area (Å²) in [6.07, 6.45) is 1.66. The molecule has 1 aromatic rings. The fourth-order valence-corrected chi connectivity index (χ4v) is 1.52. The van der Waals surface area contributed by atoms with E-state index in [1.807, 2.05) is 37.3 Å². The highest BCUT2D eigenvalue weighted by molar-refractivity contribution is 5.87. The molecule has 0 aliphatic heterocycles. The molecule has 3 heteroatoms. The van der Waals surface area contributed by atoms with Crippen LogP contribution in [0.15, 0.2) is 42.0 Å². The molecule has 0 aliphatic carbocycles. The molecule has 0 amide bonds. The molecule has 1 rings (SSSR count). The number of esters is 1. The smallest absolute Gasteiger partial charge is 0.333 e. The topological polar surface area (TPSA) is 35.5 Å². The van der Waals surface area contributed by atoms with E-state index in [2.05, 4.69) is 0 Å². The highest BCUT2D eigenvalue weighted by Gasteiger charge is 2.07. The molecule has 0 heterocycles. The van der Waals surface area contributed by atoms with Crippen molar-refractivity contribution in [2.24, 2.45) is 0 Å². The van der Waals surface area contributed by atoms with Gasteiger partial charge in [0.2, 0.25) is 0 Å². The normalized spacial score (nSPS) is 13.2. The van der Waals surface area contributed by atoms with Gasteiger partial charge in [0.15, 0.2) is 0 Å². The first-order valence-corrected chi connectivity index (χ1v) is 6.14. The zero-order valence-electron chi connectivity index (χ0n) is 11.2. The number of carbonyl (C=O) groups excluding carboxylic acids is 1. The van der Waals surface area contributed by atoms with Crippen molar-refractivity contribution in [3.63, 3.8) is 0 Å². The highest BCUT2D eigenvalue weighted by atomic mass is 16.5. The van der Waals surface area contributed by atoms with Gasteiger partial charge in [-0.1, -0.05) is 30.3 Å². The molecule has 0 bridgehead atoms. The van der Waals surface area contributed by atoms with Crippen molar-refractivity contribution in [3.8, 4) is 0 Å². The van der Waals surface area contributed by atoms with E-state index >= 15 is 0 Å². The van der Waals surface area contributed by atoms with E-state index in [1.54, 1.807) is 19.9 Å². The third-order valence-electron chi connectivity index (χ3n) is 2.44. The molecule has 1 atom stereocenters. The third-order valence-corrected chi connectivity index (χ3v) is 2.44. The zero-order valence-corrected chi connectivity index (χ0v) is 11.2. The Morgan fingerprint density at radius 3 is 2.61 bits per heavy atom. The molecule has 3 nitrogen and oxygen atoms in total. The largest absolute Gasteiger partial charge is 0.463 e. The van der Waals surface area contributed by atoms with Crippen LogP contribution < -0.4 is 0 Å². The molecule has 18 heavy (non-hydrogen) atoms. The number of hydrogen-bond acceptors (Lipinski definition) is 3. The molecular formula is C15H20O3. The van der Waals surface area contributed by atoms with Crippen molar-refractivity contribution in [1.29, 1.82) is 0 Å². The lowest BCUT2D eigenvalue weighted by Gasteiger charge is -2.10. The fraction of sp³-hybridized carbons (Fsp3) is 0.400. The predicted molar refractivity (Wildman–Crippen MR) is 71.1 cm³/mol. The molecule has 1 aromatic carbocycles. The molecule has 98 valence electrons. The SMILES string of the molecule is CCOC(=O)/C(C)=C\C(C)OCc1ccccc1. The number of hydrogen-bond donors (Lipinski definition) is 0. The molecule has 0 spiro atoms. The summed E-state index contributed by atoms with van der Waals surface area (Å²) >= 11 is 0. The van der Waals surface area contributed by atoms with Gasteiger partial charge in [0.25, 0.3) is 0 Å². The van der Waals surface area contributed by atoms with Gasteiger partial charge in [0.05, 0.1) is 19.3 Å². The van der Waals surface area contributed by atoms with Crippen molar-refractivity contribution in [2.75, 3.05) is 6.61 Å². The lowest BCUT2D eigenvalue weighted by Crippen LogP contribution is -2.10. The second kappa shape index (κ2) is 7.67. The average Bonchev–Trinajstić information content (AvgIpc) is 2.38. The van der Waals surface area contributed by atoms with Crippen molar-refractivity contribution in [3.05, 3.63) is 47.5 Å². The van der Waals surface area contributed by atoms with Crippen LogP contribution in [-0.4, -0.2) is 18.7 Å². The first-order valence-electron chi connectivity index (χ1n) is 6.14. The van der Waals surface area contributed by atoms with Crippen LogP contribution in [0, 0.1) is 0 Å². The van der Waals surface area contributed by atoms with Crippen molar-refractivity contribution in [2.45, 2.75) is 33.5 Å². The first kappa shape index (κ1) is 14.5. The van der Waals surface area contributed by atoms with Crippen LogP contribution in [0.4, 0.5) is 0 Å². The van der Waals surface area contributed by atoms with Gasteiger partial charge in [0, 0.05) is 5.57 Å². The van der Waals surface area contributed by atoms with Gasteiger partial charge in [0.1, 0.15) is 0 Å². The molecule has 0 saturated carbocycles. The first-order chi connectivity index (χ1) is 8.63. The number of carbonyl (C=O) groups is 1. The Morgan fingerprint density at radius 1 is 1.33 bits per heavy atom. The minimum absolute atomic E-state index is 0.116. The third kappa shape index (κ3) is 5.15. The standard InChI is InChI=1S/C15H20O3/c1-4-17-15(16)12(2)10-13(3)18-11-14-8-6-5-7-9-14/h5-10,13H,4,11H2,1-3H3/b12-10-. The molecule has 0 saturated heterocycles. The van der Waals surface area contributed by atoms with Crippen LogP contribution in [0.2, 0.25) is 0 Å². The van der Waals surface area contributed by atoms with Crippen molar-refractivity contribution >= 4 is 5.97 Å². The average molecular weight is 248 g/mol. The Hall–Kier alpha value is -1.61. The van der Waals surface area contributed by atoms with Gasteiger partial charge < -0.3 is 9.47 Å². The van der Waals surface area contributed by atoms with Crippen molar-refractivity contribution < 1.29 is 14.3 Å². The number of ether oxygens (including phenoxy) is 2. The Bertz CT molecular complexity index is 395. The van der Waals surface area contributed by atoms with E-state index in [0.29, 0.717) is 18.8 Å². The summed E-state index contributed by atoms with van der Waals surface area (Å²) in [5.41, 5.74) is 1.70. The van der Waals surface area contributed by atoms with Gasteiger partial charge in [-0.15, -0.1) is 0 Å². The molecule has 0 N–H and O–H groups in total. The molecular weight excluding hydrogens is 228 g/mol. The van der Waals surface area contributed by atoms with E-state index in [1.165, 1.54) is 0 Å². The summed E-state index contributed by atoms with van der Waals surface area (Å²) in [6.45, 7) is 6.37. The van der Waals surface area contributed by atoms with Gasteiger partial charge in [-0.2, -0.15) is 0 Å². The van der Waals surface area contributed by atoms with Crippen LogP contribution >= 0.6 is 0 Å². The van der Waals surface area contributed by atoms with E-state index < -0.39 is 0 Å². The summed E-state index contributed by atoms with van der Waals surface area (Å²) in [4.78, 5) is 11.4. The maximum Gasteiger partial charge on any atom is 0.333 e. The van der Waals surface area contributed by atoms with Gasteiger partial charge >= 0.3 is 5.97 Å². The second-order valence-corrected chi connectivity index (χ2v) is 4.07. The molecule has 0 radical (unpaired) electrons. The van der Waals surface area contributed by atoms with Crippen LogP contribution in [0.3, 0.4) is 0 Å². The highest BCUT2D eigenvalue weighted by Crippen LogP contribution is 2.06. The van der Waals surface area contributed by atoms with Gasteiger partial charge in [-0.25, -0.2) is 4.79 Å². The minimum atomic E-state index is -0.285. The van der Waals surface area contributed by atoms with Crippen LogP contribution in [0.5, 0.6) is 0 Å². The lowest BCUT2D eigenvalue weighted by molar-refractivity contribution is -0.138. The maximum absolute atomic E-state index is 11.4. The summed E-state index contributed by atoms with van der Waals surface area (Å²) in [7, 11) is 0. The summed E-state index contributed by atoms with van der Waals surface area (Å²) in [5.74, 6) is -0.285. The Balaban J connectivity index is 2.43. The van der Waals surface area contributed by atoms with Crippen LogP contribution in [0.25, 0.3) is 0 Å². The van der Waals surface area contributed by atoms with E-state index in [4.69, 9.17) is 9.47 Å². The van der Waals surface area contributed by atoms with Gasteiger partial charge in [-0.05, 0) is 32.4 Å². The van der Waals surface area contributed by atoms with Crippen LogP contribution in [0.1, 0.15) is 26.3 Å². The van der Waals surface area contributed by atoms with Crippen molar-refractivity contribution in [1.82, 2.24) is 0 Å². The monoisotopic (exact) mass is 248 g/mol. The van der Waals surface area contributed by atoms with E-state index in [0.717, 1.165) is 5.56 Å². The van der Waals surface area contributed by atoms with E-state index in [9.17, 15) is 4.79 Å².